The van der Waals surface area contributed by atoms with Gasteiger partial charge in [-0.05, 0) is 36.4 Å². The summed E-state index contributed by atoms with van der Waals surface area (Å²) in [5.41, 5.74) is 2.78. The number of hydrogen-bond acceptors (Lipinski definition) is 2. The minimum absolute atomic E-state index is 0.856. The van der Waals surface area contributed by atoms with Gasteiger partial charge in [0.2, 0.25) is 0 Å². The second-order valence-electron chi connectivity index (χ2n) is 3.30. The summed E-state index contributed by atoms with van der Waals surface area (Å²) in [4.78, 5) is 4.28. The Kier molecular flexibility index (Phi) is 1.78. The zero-order chi connectivity index (χ0) is 10.1. The number of benzene rings is 1. The van der Waals surface area contributed by atoms with Crippen molar-refractivity contribution < 1.29 is 4.42 Å². The molecule has 2 aromatic heterocycles. The summed E-state index contributed by atoms with van der Waals surface area (Å²) in [6.45, 7) is 0. The van der Waals surface area contributed by atoms with Gasteiger partial charge in [0.1, 0.15) is 5.58 Å². The van der Waals surface area contributed by atoms with Crippen LogP contribution in [0.1, 0.15) is 0 Å². The molecule has 0 aliphatic heterocycles. The van der Waals surface area contributed by atoms with Gasteiger partial charge >= 0.3 is 0 Å². The van der Waals surface area contributed by atoms with Crippen molar-refractivity contribution >= 4 is 11.0 Å². The molecule has 3 aromatic rings. The summed E-state index contributed by atoms with van der Waals surface area (Å²) >= 11 is 0. The molecule has 2 heterocycles. The van der Waals surface area contributed by atoms with Crippen molar-refractivity contribution in [3.63, 3.8) is 0 Å². The third-order valence-corrected chi connectivity index (χ3v) is 2.33. The molecule has 0 aliphatic carbocycles. The Morgan fingerprint density at radius 1 is 1.20 bits per heavy atom. The highest BCUT2D eigenvalue weighted by molar-refractivity contribution is 5.82. The first kappa shape index (κ1) is 8.24. The first-order valence-corrected chi connectivity index (χ1v) is 4.74. The smallest absolute Gasteiger partial charge is 0.134 e. The van der Waals surface area contributed by atoms with Crippen molar-refractivity contribution in [2.45, 2.75) is 0 Å². The highest BCUT2D eigenvalue weighted by atomic mass is 16.3. The van der Waals surface area contributed by atoms with Gasteiger partial charge < -0.3 is 4.42 Å². The number of rotatable bonds is 1. The Morgan fingerprint density at radius 2 is 2.20 bits per heavy atom. The topological polar surface area (TPSA) is 26.0 Å². The molecule has 71 valence electrons. The summed E-state index contributed by atoms with van der Waals surface area (Å²) in [5.74, 6) is 0. The lowest BCUT2D eigenvalue weighted by atomic mass is 10.1. The molecule has 3 rings (SSSR count). The van der Waals surface area contributed by atoms with Crippen LogP contribution >= 0.6 is 0 Å². The Labute approximate surface area is 87.2 Å². The molecule has 0 amide bonds. The van der Waals surface area contributed by atoms with Crippen molar-refractivity contribution in [3.8, 4) is 11.3 Å². The Morgan fingerprint density at radius 3 is 3.07 bits per heavy atom. The molecule has 0 atom stereocenters. The van der Waals surface area contributed by atoms with Crippen molar-refractivity contribution in [2.75, 3.05) is 0 Å². The molecule has 2 nitrogen and oxygen atoms in total. The number of fused-ring (bicyclic) bond motifs is 1. The Hall–Kier alpha value is -2.09. The molecule has 1 aromatic carbocycles. The monoisotopic (exact) mass is 194 g/mol. The van der Waals surface area contributed by atoms with Crippen LogP contribution in [0.15, 0.2) is 53.3 Å². The molecular formula is C13H8NO. The van der Waals surface area contributed by atoms with Gasteiger partial charge in [0.25, 0.3) is 0 Å². The van der Waals surface area contributed by atoms with Crippen LogP contribution < -0.4 is 0 Å². The van der Waals surface area contributed by atoms with Crippen molar-refractivity contribution in [1.29, 1.82) is 0 Å². The van der Waals surface area contributed by atoms with Crippen LogP contribution in [-0.4, -0.2) is 4.98 Å². The molecule has 15 heavy (non-hydrogen) atoms. The van der Waals surface area contributed by atoms with Gasteiger partial charge in [0, 0.05) is 17.1 Å². The van der Waals surface area contributed by atoms with Gasteiger partial charge in [-0.1, -0.05) is 6.07 Å². The molecule has 0 saturated carbocycles. The highest BCUT2D eigenvalue weighted by Crippen LogP contribution is 2.22. The first-order chi connectivity index (χ1) is 7.43. The number of hydrogen-bond donors (Lipinski definition) is 0. The van der Waals surface area contributed by atoms with E-state index in [1.54, 1.807) is 12.5 Å². The lowest BCUT2D eigenvalue weighted by Crippen LogP contribution is -1.81. The number of nitrogens with zero attached hydrogens (tertiary/aromatic N) is 1. The lowest BCUT2D eigenvalue weighted by Gasteiger charge is -1.98. The fourth-order valence-corrected chi connectivity index (χ4v) is 1.58. The highest BCUT2D eigenvalue weighted by Gasteiger charge is 2.01. The van der Waals surface area contributed by atoms with E-state index in [9.17, 15) is 0 Å². The predicted octanol–water partition coefficient (Wildman–Crippen LogP) is 3.29. The third-order valence-electron chi connectivity index (χ3n) is 2.33. The summed E-state index contributed by atoms with van der Waals surface area (Å²) in [5, 5.41) is 1.08. The minimum Gasteiger partial charge on any atom is -0.464 e. The summed E-state index contributed by atoms with van der Waals surface area (Å²) < 4.78 is 5.26. The minimum atomic E-state index is 0.856. The molecule has 2 heteroatoms. The van der Waals surface area contributed by atoms with E-state index >= 15 is 0 Å². The van der Waals surface area contributed by atoms with Gasteiger partial charge in [0.05, 0.1) is 12.0 Å². The Bertz CT molecular complexity index is 584. The Balaban J connectivity index is 2.19. The third kappa shape index (κ3) is 1.40. The number of furan rings is 1. The molecular weight excluding hydrogens is 186 g/mol. The first-order valence-electron chi connectivity index (χ1n) is 4.74. The van der Waals surface area contributed by atoms with Gasteiger partial charge in [-0.25, -0.2) is 0 Å². The zero-order valence-electron chi connectivity index (χ0n) is 7.97. The molecule has 0 bridgehead atoms. The fourth-order valence-electron chi connectivity index (χ4n) is 1.58. The van der Waals surface area contributed by atoms with Crippen LogP contribution in [0.2, 0.25) is 0 Å². The molecule has 0 spiro atoms. The van der Waals surface area contributed by atoms with E-state index in [4.69, 9.17) is 4.42 Å². The molecule has 0 saturated heterocycles. The van der Waals surface area contributed by atoms with E-state index in [1.807, 2.05) is 36.4 Å². The summed E-state index contributed by atoms with van der Waals surface area (Å²) in [6.07, 6.45) is 3.46. The maximum Gasteiger partial charge on any atom is 0.134 e. The molecule has 1 radical (unpaired) electrons. The van der Waals surface area contributed by atoms with E-state index in [0.717, 1.165) is 22.2 Å². The molecule has 0 fully saturated rings. The predicted molar refractivity (Wildman–Crippen MR) is 58.3 cm³/mol. The van der Waals surface area contributed by atoms with Crippen LogP contribution in [0.3, 0.4) is 0 Å². The SMILES string of the molecule is [c]1cc2occc2cc1-c1ccccn1. The van der Waals surface area contributed by atoms with Gasteiger partial charge in [-0.3, -0.25) is 4.98 Å². The van der Waals surface area contributed by atoms with Crippen LogP contribution in [-0.2, 0) is 0 Å². The maximum atomic E-state index is 5.26. The quantitative estimate of drug-likeness (QED) is 0.594. The maximum absolute atomic E-state index is 5.26. The van der Waals surface area contributed by atoms with E-state index < -0.39 is 0 Å². The second-order valence-corrected chi connectivity index (χ2v) is 3.30. The van der Waals surface area contributed by atoms with E-state index in [2.05, 4.69) is 11.1 Å². The van der Waals surface area contributed by atoms with Crippen molar-refractivity contribution in [2.24, 2.45) is 0 Å². The number of aromatic nitrogens is 1. The second kappa shape index (κ2) is 3.24. The van der Waals surface area contributed by atoms with Gasteiger partial charge in [-0.15, -0.1) is 0 Å². The number of pyridine rings is 1. The van der Waals surface area contributed by atoms with E-state index in [0.29, 0.717) is 0 Å². The van der Waals surface area contributed by atoms with E-state index in [1.165, 1.54) is 0 Å². The summed E-state index contributed by atoms with van der Waals surface area (Å²) in [6, 6.07) is 14.8. The average molecular weight is 194 g/mol. The van der Waals surface area contributed by atoms with Crippen molar-refractivity contribution in [1.82, 2.24) is 4.98 Å². The van der Waals surface area contributed by atoms with Crippen LogP contribution in [0, 0.1) is 6.07 Å². The largest absolute Gasteiger partial charge is 0.464 e. The molecule has 0 aliphatic rings. The van der Waals surface area contributed by atoms with Crippen molar-refractivity contribution in [3.05, 3.63) is 54.9 Å². The normalized spacial score (nSPS) is 10.7. The van der Waals surface area contributed by atoms with E-state index in [-0.39, 0.29) is 0 Å². The molecule has 0 N–H and O–H groups in total. The summed E-state index contributed by atoms with van der Waals surface area (Å²) in [7, 11) is 0. The average Bonchev–Trinajstić information content (AvgIpc) is 2.77. The van der Waals surface area contributed by atoms with Crippen LogP contribution in [0.4, 0.5) is 0 Å². The van der Waals surface area contributed by atoms with Crippen LogP contribution in [0.25, 0.3) is 22.2 Å². The molecule has 0 unspecified atom stereocenters. The van der Waals surface area contributed by atoms with Gasteiger partial charge in [0.15, 0.2) is 0 Å². The standard InChI is InChI=1S/C13H8NO/c1-2-7-14-12(3-1)10-4-5-13-11(9-10)6-8-15-13/h1-3,5-9H. The fraction of sp³-hybridized carbons (Fsp3) is 0. The zero-order valence-corrected chi connectivity index (χ0v) is 7.97. The lowest BCUT2D eigenvalue weighted by molar-refractivity contribution is 0.616. The van der Waals surface area contributed by atoms with Gasteiger partial charge in [-0.2, -0.15) is 0 Å². The van der Waals surface area contributed by atoms with Crippen LogP contribution in [0.5, 0.6) is 0 Å².